The van der Waals surface area contributed by atoms with Crippen LogP contribution in [0.5, 0.6) is 0 Å². The summed E-state index contributed by atoms with van der Waals surface area (Å²) in [7, 11) is -5.17. The molecule has 0 bridgehead atoms. The number of hydrogen-bond acceptors (Lipinski definition) is 5. The Labute approximate surface area is 80.5 Å². The van der Waals surface area contributed by atoms with E-state index in [0.717, 1.165) is 5.82 Å². The average Bonchev–Trinajstić information content (AvgIpc) is 2.12. The van der Waals surface area contributed by atoms with Gasteiger partial charge in [-0.1, -0.05) is 0 Å². The van der Waals surface area contributed by atoms with E-state index in [-0.39, 0.29) is 17.1 Å². The van der Waals surface area contributed by atoms with Crippen LogP contribution in [0.25, 0.3) is 0 Å². The van der Waals surface area contributed by atoms with Gasteiger partial charge in [0.15, 0.2) is 0 Å². The second-order valence-corrected chi connectivity index (χ2v) is 2.40. The first kappa shape index (κ1) is 14.1. The molecule has 1 N–H and O–H groups in total. The third-order valence-electron chi connectivity index (χ3n) is 0.635. The molecule has 0 aliphatic carbocycles. The predicted octanol–water partition coefficient (Wildman–Crippen LogP) is -0.622. The summed E-state index contributed by atoms with van der Waals surface area (Å²) in [6, 6.07) is 0. The van der Waals surface area contributed by atoms with Crippen molar-refractivity contribution in [3.63, 3.8) is 0 Å². The monoisotopic (exact) mass is 241 g/mol. The Morgan fingerprint density at radius 3 is 2.00 bits per heavy atom. The number of aryl methyl sites for hydroxylation is 1. The zero-order chi connectivity index (χ0) is 8.91. The minimum Gasteiger partial charge on any atom is -0.759 e. The standard InChI is InChI=1S/C4H6N2.Cu.H2O4S/c1-4-5-2-3-6-4;;1-5(2,3)4/h2-3H,1H3,(H,5,6);;(H2,1,2,3,4)/q;+2;/p-2. The van der Waals surface area contributed by atoms with Gasteiger partial charge < -0.3 is 14.1 Å². The van der Waals surface area contributed by atoms with Crippen molar-refractivity contribution in [3.8, 4) is 0 Å². The molecule has 0 saturated heterocycles. The molecule has 8 heteroatoms. The first-order valence-corrected chi connectivity index (χ1v) is 3.85. The van der Waals surface area contributed by atoms with Gasteiger partial charge >= 0.3 is 17.1 Å². The van der Waals surface area contributed by atoms with Crippen LogP contribution in [0.15, 0.2) is 12.4 Å². The molecule has 12 heavy (non-hydrogen) atoms. The molecule has 1 radical (unpaired) electrons. The summed E-state index contributed by atoms with van der Waals surface area (Å²) in [5.41, 5.74) is 0. The molecule has 1 aromatic heterocycles. The number of imidazole rings is 1. The third kappa shape index (κ3) is 16.3. The maximum Gasteiger partial charge on any atom is 2.00 e. The van der Waals surface area contributed by atoms with Crippen LogP contribution in [0.3, 0.4) is 0 Å². The first-order valence-electron chi connectivity index (χ1n) is 2.52. The summed E-state index contributed by atoms with van der Waals surface area (Å²) < 4.78 is 34.1. The van der Waals surface area contributed by atoms with Crippen LogP contribution >= 0.6 is 0 Å². The average molecular weight is 242 g/mol. The smallest absolute Gasteiger partial charge is 0.759 e. The molecule has 0 aliphatic rings. The quantitative estimate of drug-likeness (QED) is 0.370. The summed E-state index contributed by atoms with van der Waals surface area (Å²) in [6.45, 7) is 1.92. The molecule has 0 amide bonds. The molecule has 0 aliphatic heterocycles. The van der Waals surface area contributed by atoms with E-state index in [1.165, 1.54) is 0 Å². The van der Waals surface area contributed by atoms with Crippen molar-refractivity contribution in [2.24, 2.45) is 0 Å². The molecule has 0 atom stereocenters. The van der Waals surface area contributed by atoms with Crippen LogP contribution in [-0.4, -0.2) is 27.5 Å². The van der Waals surface area contributed by atoms with Crippen molar-refractivity contribution in [2.75, 3.05) is 0 Å². The van der Waals surface area contributed by atoms with E-state index in [1.807, 2.05) is 6.92 Å². The topological polar surface area (TPSA) is 109 Å². The Morgan fingerprint density at radius 1 is 1.50 bits per heavy atom. The molecule has 0 aromatic carbocycles. The molecule has 0 spiro atoms. The molecule has 6 nitrogen and oxygen atoms in total. The third-order valence-corrected chi connectivity index (χ3v) is 0.635. The minimum absolute atomic E-state index is 0. The SMILES string of the molecule is Cc1ncc[nH]1.O=S(=O)([O-])[O-].[Cu+2]. The summed E-state index contributed by atoms with van der Waals surface area (Å²) in [6.07, 6.45) is 3.53. The van der Waals surface area contributed by atoms with Gasteiger partial charge in [-0.3, -0.25) is 8.42 Å². The van der Waals surface area contributed by atoms with Crippen molar-refractivity contribution in [3.05, 3.63) is 18.2 Å². The number of nitrogens with zero attached hydrogens (tertiary/aromatic N) is 1. The van der Waals surface area contributed by atoms with Crippen molar-refractivity contribution in [2.45, 2.75) is 6.92 Å². The van der Waals surface area contributed by atoms with Gasteiger partial charge in [0.1, 0.15) is 5.82 Å². The zero-order valence-corrected chi connectivity index (χ0v) is 7.70. The molecule has 1 aromatic rings. The fourth-order valence-electron chi connectivity index (χ4n) is 0.344. The summed E-state index contributed by atoms with van der Waals surface area (Å²) in [4.78, 5) is 6.75. The Kier molecular flexibility index (Phi) is 7.25. The minimum atomic E-state index is -5.17. The zero-order valence-electron chi connectivity index (χ0n) is 5.94. The van der Waals surface area contributed by atoms with Crippen molar-refractivity contribution in [1.82, 2.24) is 9.97 Å². The molecule has 0 saturated carbocycles. The van der Waals surface area contributed by atoms with Crippen LogP contribution in [-0.2, 0) is 27.5 Å². The van der Waals surface area contributed by atoms with Gasteiger partial charge in [-0.25, -0.2) is 4.98 Å². The molecule has 1 heterocycles. The predicted molar refractivity (Wildman–Crippen MR) is 33.8 cm³/mol. The van der Waals surface area contributed by atoms with Crippen LogP contribution in [0.1, 0.15) is 5.82 Å². The van der Waals surface area contributed by atoms with E-state index in [9.17, 15) is 0 Å². The Morgan fingerprint density at radius 2 is 1.92 bits per heavy atom. The van der Waals surface area contributed by atoms with Gasteiger partial charge in [0, 0.05) is 22.8 Å². The van der Waals surface area contributed by atoms with Crippen molar-refractivity contribution in [1.29, 1.82) is 0 Å². The molecular formula is C4H6CuN2O4S. The first-order chi connectivity index (χ1) is 4.89. The Balaban J connectivity index is 0. The van der Waals surface area contributed by atoms with Crippen molar-refractivity contribution >= 4 is 10.4 Å². The molecule has 1 rings (SSSR count). The van der Waals surface area contributed by atoms with E-state index in [0.29, 0.717) is 0 Å². The van der Waals surface area contributed by atoms with Crippen LogP contribution < -0.4 is 0 Å². The normalized spacial score (nSPS) is 9.25. The molecule has 73 valence electrons. The number of rotatable bonds is 0. The van der Waals surface area contributed by atoms with Crippen LogP contribution in [0.2, 0.25) is 0 Å². The van der Waals surface area contributed by atoms with Gasteiger partial charge in [0.05, 0.1) is 0 Å². The van der Waals surface area contributed by atoms with E-state index in [2.05, 4.69) is 9.97 Å². The van der Waals surface area contributed by atoms with Crippen LogP contribution in [0.4, 0.5) is 0 Å². The summed E-state index contributed by atoms with van der Waals surface area (Å²) in [5.74, 6) is 0.968. The van der Waals surface area contributed by atoms with E-state index in [1.54, 1.807) is 12.4 Å². The molecule has 0 fully saturated rings. The number of nitrogens with one attached hydrogen (secondary N) is 1. The molecular weight excluding hydrogens is 236 g/mol. The number of aromatic amines is 1. The van der Waals surface area contributed by atoms with E-state index in [4.69, 9.17) is 17.5 Å². The number of H-pyrrole nitrogens is 1. The van der Waals surface area contributed by atoms with Gasteiger partial charge in [0.2, 0.25) is 0 Å². The fourth-order valence-corrected chi connectivity index (χ4v) is 0.344. The van der Waals surface area contributed by atoms with Gasteiger partial charge in [-0.05, 0) is 6.92 Å². The number of hydrogen-bond donors (Lipinski definition) is 1. The summed E-state index contributed by atoms with van der Waals surface area (Å²) >= 11 is 0. The van der Waals surface area contributed by atoms with Crippen molar-refractivity contribution < 1.29 is 34.6 Å². The van der Waals surface area contributed by atoms with Gasteiger partial charge in [-0.15, -0.1) is 0 Å². The molecule has 0 unspecified atom stereocenters. The van der Waals surface area contributed by atoms with Gasteiger partial charge in [0.25, 0.3) is 0 Å². The fraction of sp³-hybridized carbons (Fsp3) is 0.250. The van der Waals surface area contributed by atoms with Crippen LogP contribution in [0, 0.1) is 6.92 Å². The second kappa shape index (κ2) is 6.15. The maximum atomic E-state index is 8.52. The number of aromatic nitrogens is 2. The van der Waals surface area contributed by atoms with Gasteiger partial charge in [-0.2, -0.15) is 0 Å². The Hall–Kier alpha value is -0.401. The summed E-state index contributed by atoms with van der Waals surface area (Å²) in [5, 5.41) is 0. The Bertz CT molecular complexity index is 274. The largest absolute Gasteiger partial charge is 2.00 e. The van der Waals surface area contributed by atoms with E-state index >= 15 is 0 Å². The van der Waals surface area contributed by atoms with E-state index < -0.39 is 10.4 Å². The maximum absolute atomic E-state index is 8.52. The second-order valence-electron chi connectivity index (χ2n) is 1.58.